The summed E-state index contributed by atoms with van der Waals surface area (Å²) in [5.41, 5.74) is 0. The Morgan fingerprint density at radius 1 is 0.609 bits per heavy atom. The number of rotatable bonds is 12. The predicted molar refractivity (Wildman–Crippen MR) is 81.9 cm³/mol. The number of alkyl halides is 4. The normalized spacial score (nSPS) is 11.4. The number of phosphoric acid groups is 2. The molecule has 0 aliphatic rings. The first kappa shape index (κ1) is 29.7. The smallest absolute Gasteiger partial charge is 0.756 e. The molecule has 0 atom stereocenters. The summed E-state index contributed by atoms with van der Waals surface area (Å²) in [4.78, 5) is 21.2. The maximum atomic E-state index is 10.6. The van der Waals surface area contributed by atoms with Crippen LogP contribution < -0.4 is 9.79 Å². The summed E-state index contributed by atoms with van der Waals surface area (Å²) in [5.74, 6) is 0.430. The van der Waals surface area contributed by atoms with Crippen LogP contribution in [-0.4, -0.2) is 49.9 Å². The van der Waals surface area contributed by atoms with Gasteiger partial charge in [-0.15, -0.1) is 46.4 Å². The van der Waals surface area contributed by atoms with Crippen LogP contribution in [0.15, 0.2) is 0 Å². The molecule has 0 amide bonds. The molecule has 0 spiro atoms. The first-order chi connectivity index (χ1) is 10.2. The minimum atomic E-state index is -4.14. The molecule has 0 unspecified atom stereocenters. The molecule has 0 aromatic heterocycles. The van der Waals surface area contributed by atoms with Crippen LogP contribution in [0.25, 0.3) is 0 Å². The van der Waals surface area contributed by atoms with Crippen molar-refractivity contribution in [2.45, 2.75) is 0 Å². The summed E-state index contributed by atoms with van der Waals surface area (Å²) >= 11 is 20.7. The topological polar surface area (TPSA) is 117 Å². The van der Waals surface area contributed by atoms with E-state index in [1.807, 2.05) is 0 Å². The molecule has 0 aliphatic carbocycles. The van der Waals surface area contributed by atoms with Gasteiger partial charge >= 0.3 is 17.1 Å². The van der Waals surface area contributed by atoms with Crippen LogP contribution in [0.5, 0.6) is 0 Å². The average molecular weight is 508 g/mol. The van der Waals surface area contributed by atoms with E-state index in [0.717, 1.165) is 0 Å². The predicted octanol–water partition coefficient (Wildman–Crippen LogP) is 1.93. The van der Waals surface area contributed by atoms with Gasteiger partial charge in [0.05, 0.1) is 26.4 Å². The molecule has 0 rings (SSSR count). The van der Waals surface area contributed by atoms with Gasteiger partial charge in [-0.2, -0.15) is 0 Å². The molecule has 15 heteroatoms. The second-order valence-corrected chi connectivity index (χ2v) is 7.32. The van der Waals surface area contributed by atoms with Crippen molar-refractivity contribution < 1.29 is 54.1 Å². The fourth-order valence-corrected chi connectivity index (χ4v) is 2.81. The van der Waals surface area contributed by atoms with Gasteiger partial charge in [-0.25, -0.2) is 0 Å². The first-order valence-electron chi connectivity index (χ1n) is 5.68. The minimum Gasteiger partial charge on any atom is -0.756 e. The molecule has 0 aliphatic heterocycles. The van der Waals surface area contributed by atoms with Crippen LogP contribution in [0.1, 0.15) is 0 Å². The van der Waals surface area contributed by atoms with Crippen LogP contribution in [0.3, 0.4) is 0 Å². The second kappa shape index (κ2) is 18.7. The van der Waals surface area contributed by atoms with Gasteiger partial charge in [0, 0.05) is 23.5 Å². The molecule has 23 heavy (non-hydrogen) atoms. The molecule has 0 saturated heterocycles. The monoisotopic (exact) mass is 505 g/mol. The fourth-order valence-electron chi connectivity index (χ4n) is 0.660. The van der Waals surface area contributed by atoms with Gasteiger partial charge in [0.1, 0.15) is 0 Å². The zero-order chi connectivity index (χ0) is 17.5. The number of hydrogen-bond acceptors (Lipinski definition) is 8. The molecule has 8 nitrogen and oxygen atoms in total. The van der Waals surface area contributed by atoms with E-state index in [1.54, 1.807) is 0 Å². The number of halogens is 4. The van der Waals surface area contributed by atoms with Gasteiger partial charge in [0.25, 0.3) is 15.6 Å². The molecule has 0 bridgehead atoms. The standard InChI is InChI=1S/2C4H9Cl2O4P.Cu/c2*5-1-3-9-11(7,8)10-4-2-6;/h2*1-4H2,(H,7,8);/q;;+2/p-2. The summed E-state index contributed by atoms with van der Waals surface area (Å²) in [6, 6.07) is 0. The molecule has 1 radical (unpaired) electrons. The van der Waals surface area contributed by atoms with Gasteiger partial charge in [-0.3, -0.25) is 9.13 Å². The minimum absolute atomic E-state index is 0. The first-order valence-corrected chi connectivity index (χ1v) is 10.7. The van der Waals surface area contributed by atoms with Crippen molar-refractivity contribution in [3.05, 3.63) is 0 Å². The Hall–Kier alpha value is 1.90. The Morgan fingerprint density at radius 3 is 0.913 bits per heavy atom. The van der Waals surface area contributed by atoms with Gasteiger partial charge in [-0.1, -0.05) is 0 Å². The fraction of sp³-hybridized carbons (Fsp3) is 1.00. The van der Waals surface area contributed by atoms with Crippen molar-refractivity contribution in [2.24, 2.45) is 0 Å². The summed E-state index contributed by atoms with van der Waals surface area (Å²) in [7, 11) is -8.29. The third-order valence-corrected chi connectivity index (χ3v) is 3.92. The van der Waals surface area contributed by atoms with Crippen molar-refractivity contribution in [1.29, 1.82) is 0 Å². The molecule has 145 valence electrons. The van der Waals surface area contributed by atoms with Crippen molar-refractivity contribution in [1.82, 2.24) is 0 Å². The number of phosphoric ester groups is 2. The van der Waals surface area contributed by atoms with Crippen molar-refractivity contribution in [2.75, 3.05) is 49.9 Å². The second-order valence-electron chi connectivity index (χ2n) is 2.98. The van der Waals surface area contributed by atoms with E-state index in [-0.39, 0.29) is 67.0 Å². The van der Waals surface area contributed by atoms with E-state index >= 15 is 0 Å². The average Bonchev–Trinajstić information content (AvgIpc) is 2.48. The molecule has 0 saturated carbocycles. The Kier molecular flexibility index (Phi) is 24.1. The van der Waals surface area contributed by atoms with E-state index in [9.17, 15) is 18.9 Å². The molecular weight excluding hydrogens is 491 g/mol. The van der Waals surface area contributed by atoms with Gasteiger partial charge in [0.2, 0.25) is 0 Å². The molecule has 0 aromatic rings. The molecule has 0 aromatic carbocycles. The zero-order valence-electron chi connectivity index (χ0n) is 11.6. The van der Waals surface area contributed by atoms with Gasteiger partial charge in [-0.05, 0) is 0 Å². The zero-order valence-corrected chi connectivity index (χ0v) is 17.4. The molecule has 0 heterocycles. The van der Waals surface area contributed by atoms with E-state index in [0.29, 0.717) is 0 Å². The summed E-state index contributed by atoms with van der Waals surface area (Å²) in [5, 5.41) is 0. The van der Waals surface area contributed by atoms with Crippen LogP contribution in [-0.2, 0) is 44.3 Å². The van der Waals surface area contributed by atoms with E-state index in [4.69, 9.17) is 46.4 Å². The van der Waals surface area contributed by atoms with Crippen LogP contribution >= 0.6 is 62.0 Å². The Labute approximate surface area is 165 Å². The maximum Gasteiger partial charge on any atom is 2.00 e. The van der Waals surface area contributed by atoms with Crippen molar-refractivity contribution in [3.8, 4) is 0 Å². The van der Waals surface area contributed by atoms with E-state index < -0.39 is 15.6 Å². The Bertz CT molecular complexity index is 298. The third kappa shape index (κ3) is 23.9. The number of hydrogen-bond donors (Lipinski definition) is 0. The Balaban J connectivity index is -0.000000333. The van der Waals surface area contributed by atoms with Crippen LogP contribution in [0, 0.1) is 0 Å². The summed E-state index contributed by atoms with van der Waals surface area (Å²) in [6.07, 6.45) is 0. The summed E-state index contributed by atoms with van der Waals surface area (Å²) < 4.78 is 38.3. The maximum absolute atomic E-state index is 10.6. The van der Waals surface area contributed by atoms with E-state index in [1.165, 1.54) is 0 Å². The summed E-state index contributed by atoms with van der Waals surface area (Å²) in [6.45, 7) is -0.315. The van der Waals surface area contributed by atoms with Crippen LogP contribution in [0.4, 0.5) is 0 Å². The molecule has 0 N–H and O–H groups in total. The van der Waals surface area contributed by atoms with Gasteiger partial charge in [0.15, 0.2) is 0 Å². The largest absolute Gasteiger partial charge is 2.00 e. The van der Waals surface area contributed by atoms with Crippen molar-refractivity contribution >= 4 is 62.0 Å². The molecule has 0 fully saturated rings. The van der Waals surface area contributed by atoms with Crippen molar-refractivity contribution in [3.63, 3.8) is 0 Å². The van der Waals surface area contributed by atoms with E-state index in [2.05, 4.69) is 18.1 Å². The quantitative estimate of drug-likeness (QED) is 0.224. The van der Waals surface area contributed by atoms with Gasteiger partial charge < -0.3 is 27.9 Å². The Morgan fingerprint density at radius 2 is 0.783 bits per heavy atom. The SMILES string of the molecule is O=P([O-])(OCCCl)OCCCl.O=P([O-])(OCCCl)OCCCl.[Cu+2]. The van der Waals surface area contributed by atoms with Crippen LogP contribution in [0.2, 0.25) is 0 Å². The molecular formula is C8H16Cl4CuO8P2. The third-order valence-electron chi connectivity index (χ3n) is 1.31.